The second kappa shape index (κ2) is 8.41. The smallest absolute Gasteiger partial charge is 0.317 e. The first-order valence-electron chi connectivity index (χ1n) is 6.76. The Morgan fingerprint density at radius 1 is 0.826 bits per heavy atom. The van der Waals surface area contributed by atoms with Crippen molar-refractivity contribution in [2.24, 2.45) is 0 Å². The lowest BCUT2D eigenvalue weighted by molar-refractivity contribution is -0.151. The Balaban J connectivity index is 2.94. The zero-order chi connectivity index (χ0) is 17.6. The molecule has 0 radical (unpaired) electrons. The van der Waals surface area contributed by atoms with Crippen LogP contribution in [0.15, 0.2) is 0 Å². The number of carboxylic acids is 4. The number of carbonyl (C=O) groups is 4. The minimum absolute atomic E-state index is 0.0418. The van der Waals surface area contributed by atoms with Crippen LogP contribution in [0.5, 0.6) is 0 Å². The molecule has 1 aliphatic heterocycles. The third kappa shape index (κ3) is 6.59. The van der Waals surface area contributed by atoms with Crippen molar-refractivity contribution in [2.45, 2.75) is 6.17 Å². The van der Waals surface area contributed by atoms with Gasteiger partial charge >= 0.3 is 23.9 Å². The van der Waals surface area contributed by atoms with Crippen LogP contribution in [0.2, 0.25) is 0 Å². The van der Waals surface area contributed by atoms with Crippen LogP contribution in [0.1, 0.15) is 0 Å². The molecule has 1 unspecified atom stereocenters. The molecule has 1 aliphatic rings. The highest BCUT2D eigenvalue weighted by atomic mass is 16.4. The van der Waals surface area contributed by atoms with Gasteiger partial charge in [0.1, 0.15) is 0 Å². The molecule has 0 aromatic heterocycles. The number of nitrogens with zero attached hydrogens (tertiary/aromatic N) is 3. The Morgan fingerprint density at radius 2 is 1.35 bits per heavy atom. The zero-order valence-corrected chi connectivity index (χ0v) is 12.3. The van der Waals surface area contributed by atoms with E-state index >= 15 is 0 Å². The number of rotatable bonds is 9. The van der Waals surface area contributed by atoms with Crippen molar-refractivity contribution in [3.8, 4) is 0 Å². The Kier molecular flexibility index (Phi) is 6.88. The molecule has 1 atom stereocenters. The van der Waals surface area contributed by atoms with Crippen molar-refractivity contribution in [1.29, 1.82) is 0 Å². The molecule has 0 amide bonds. The van der Waals surface area contributed by atoms with Crippen LogP contribution < -0.4 is 0 Å². The molecule has 0 bridgehead atoms. The highest BCUT2D eigenvalue weighted by molar-refractivity contribution is 5.73. The van der Waals surface area contributed by atoms with Gasteiger partial charge in [0.25, 0.3) is 0 Å². The largest absolute Gasteiger partial charge is 0.480 e. The molecule has 4 N–H and O–H groups in total. The van der Waals surface area contributed by atoms with Crippen LogP contribution in [0.25, 0.3) is 0 Å². The summed E-state index contributed by atoms with van der Waals surface area (Å²) in [5.41, 5.74) is 0. The first-order valence-corrected chi connectivity index (χ1v) is 6.76. The van der Waals surface area contributed by atoms with Crippen LogP contribution in [-0.4, -0.2) is 111 Å². The maximum absolute atomic E-state index is 10.9. The van der Waals surface area contributed by atoms with E-state index in [2.05, 4.69) is 0 Å². The summed E-state index contributed by atoms with van der Waals surface area (Å²) in [4.78, 5) is 47.7. The first-order chi connectivity index (χ1) is 10.7. The summed E-state index contributed by atoms with van der Waals surface area (Å²) in [5.74, 6) is -4.71. The van der Waals surface area contributed by atoms with Gasteiger partial charge in [0, 0.05) is 19.6 Å². The van der Waals surface area contributed by atoms with E-state index in [-0.39, 0.29) is 26.2 Å². The van der Waals surface area contributed by atoms with Crippen molar-refractivity contribution in [2.75, 3.05) is 45.8 Å². The molecule has 0 aromatic rings. The highest BCUT2D eigenvalue weighted by Gasteiger charge is 2.34. The topological polar surface area (TPSA) is 159 Å². The molecule has 23 heavy (non-hydrogen) atoms. The van der Waals surface area contributed by atoms with Crippen LogP contribution in [-0.2, 0) is 19.2 Å². The Hall–Kier alpha value is -2.24. The van der Waals surface area contributed by atoms with Gasteiger partial charge < -0.3 is 20.4 Å². The van der Waals surface area contributed by atoms with Crippen LogP contribution in [0.4, 0.5) is 0 Å². The minimum Gasteiger partial charge on any atom is -0.480 e. The average molecular weight is 333 g/mol. The van der Waals surface area contributed by atoms with Gasteiger partial charge in [-0.1, -0.05) is 0 Å². The Morgan fingerprint density at radius 3 is 1.78 bits per heavy atom. The molecular weight excluding hydrogens is 314 g/mol. The number of carboxylic acid groups (broad SMARTS) is 4. The molecule has 0 aromatic carbocycles. The highest BCUT2D eigenvalue weighted by Crippen LogP contribution is 2.14. The summed E-state index contributed by atoms with van der Waals surface area (Å²) in [6.45, 7) is -1.32. The van der Waals surface area contributed by atoms with Gasteiger partial charge in [-0.25, -0.2) is 0 Å². The Bertz CT molecular complexity index is 467. The molecule has 0 spiro atoms. The molecule has 1 saturated heterocycles. The lowest BCUT2D eigenvalue weighted by atomic mass is 10.2. The van der Waals surface area contributed by atoms with Crippen molar-refractivity contribution in [1.82, 2.24) is 14.7 Å². The normalized spacial score (nSPS) is 19.6. The van der Waals surface area contributed by atoms with Crippen molar-refractivity contribution in [3.05, 3.63) is 0 Å². The molecule has 1 heterocycles. The van der Waals surface area contributed by atoms with Crippen LogP contribution in [0.3, 0.4) is 0 Å². The number of aliphatic carboxylic acids is 4. The molecule has 0 aliphatic carbocycles. The molecule has 0 saturated carbocycles. The Labute approximate surface area is 131 Å². The van der Waals surface area contributed by atoms with Crippen LogP contribution in [0, 0.1) is 0 Å². The van der Waals surface area contributed by atoms with Crippen molar-refractivity contribution < 1.29 is 39.6 Å². The van der Waals surface area contributed by atoms with E-state index in [4.69, 9.17) is 20.4 Å². The van der Waals surface area contributed by atoms with Gasteiger partial charge in [-0.3, -0.25) is 33.9 Å². The standard InChI is InChI=1S/C12H19N3O8/c16-9(17)4-13-1-2-14(5-10(18)19)8(3-13)15(6-11(20)21)7-12(22)23/h8H,1-7H2,(H,16,17)(H,18,19)(H,20,21)(H,22,23). The predicted octanol–water partition coefficient (Wildman–Crippen LogP) is -2.43. The quantitative estimate of drug-likeness (QED) is 0.355. The van der Waals surface area contributed by atoms with Crippen LogP contribution >= 0.6 is 0 Å². The number of hydrogen-bond donors (Lipinski definition) is 4. The van der Waals surface area contributed by atoms with E-state index < -0.39 is 43.1 Å². The fraction of sp³-hybridized carbons (Fsp3) is 0.667. The summed E-state index contributed by atoms with van der Waals surface area (Å²) in [5, 5.41) is 35.6. The second-order valence-corrected chi connectivity index (χ2v) is 5.17. The van der Waals surface area contributed by atoms with E-state index in [0.29, 0.717) is 6.54 Å². The molecule has 11 nitrogen and oxygen atoms in total. The van der Waals surface area contributed by atoms with Crippen molar-refractivity contribution >= 4 is 23.9 Å². The summed E-state index contributed by atoms with van der Waals surface area (Å²) < 4.78 is 0. The van der Waals surface area contributed by atoms with Gasteiger partial charge in [0.2, 0.25) is 0 Å². The van der Waals surface area contributed by atoms with Crippen molar-refractivity contribution in [3.63, 3.8) is 0 Å². The first kappa shape index (κ1) is 18.8. The van der Waals surface area contributed by atoms with E-state index in [9.17, 15) is 19.2 Å². The average Bonchev–Trinajstić information content (AvgIpc) is 2.37. The predicted molar refractivity (Wildman–Crippen MR) is 73.9 cm³/mol. The molecule has 130 valence electrons. The van der Waals surface area contributed by atoms with Gasteiger partial charge in [-0.15, -0.1) is 0 Å². The summed E-state index contributed by atoms with van der Waals surface area (Å²) in [6, 6.07) is 0. The molecular formula is C12H19N3O8. The third-order valence-corrected chi connectivity index (χ3v) is 3.34. The number of hydrogen-bond acceptors (Lipinski definition) is 7. The molecule has 1 rings (SSSR count). The molecule has 1 fully saturated rings. The lowest BCUT2D eigenvalue weighted by Crippen LogP contribution is -2.63. The van der Waals surface area contributed by atoms with E-state index in [1.807, 2.05) is 0 Å². The minimum atomic E-state index is -1.25. The summed E-state index contributed by atoms with van der Waals surface area (Å²) in [7, 11) is 0. The maximum Gasteiger partial charge on any atom is 0.317 e. The van der Waals surface area contributed by atoms with E-state index in [1.54, 1.807) is 0 Å². The fourth-order valence-electron chi connectivity index (χ4n) is 2.51. The fourth-order valence-corrected chi connectivity index (χ4v) is 2.51. The van der Waals surface area contributed by atoms with E-state index in [0.717, 1.165) is 4.90 Å². The van der Waals surface area contributed by atoms with E-state index in [1.165, 1.54) is 9.80 Å². The van der Waals surface area contributed by atoms with Gasteiger partial charge in [0.15, 0.2) is 0 Å². The maximum atomic E-state index is 10.9. The summed E-state index contributed by atoms with van der Waals surface area (Å²) in [6.07, 6.45) is -0.814. The second-order valence-electron chi connectivity index (χ2n) is 5.17. The van der Waals surface area contributed by atoms with Gasteiger partial charge in [-0.2, -0.15) is 0 Å². The molecule has 11 heteroatoms. The zero-order valence-electron chi connectivity index (χ0n) is 12.3. The number of piperazine rings is 1. The van der Waals surface area contributed by atoms with Gasteiger partial charge in [-0.05, 0) is 0 Å². The monoisotopic (exact) mass is 333 g/mol. The van der Waals surface area contributed by atoms with Gasteiger partial charge in [0.05, 0.1) is 32.3 Å². The summed E-state index contributed by atoms with van der Waals surface area (Å²) >= 11 is 0. The third-order valence-electron chi connectivity index (χ3n) is 3.34. The lowest BCUT2D eigenvalue weighted by Gasteiger charge is -2.44. The SMILES string of the molecule is O=C(O)CN1CCN(CC(=O)O)C(N(CC(=O)O)CC(=O)O)C1.